The van der Waals surface area contributed by atoms with Crippen LogP contribution in [-0.4, -0.2) is 22.9 Å². The SMILES string of the molecule is O=C1CC[C@@H](C(=O)Nc2ccc(F)c(-n3cccc3)c2)CN1. The van der Waals surface area contributed by atoms with Gasteiger partial charge in [0.25, 0.3) is 0 Å². The number of nitrogens with one attached hydrogen (secondary N) is 2. The van der Waals surface area contributed by atoms with Gasteiger partial charge in [0.1, 0.15) is 5.82 Å². The van der Waals surface area contributed by atoms with Crippen LogP contribution in [0, 0.1) is 11.7 Å². The molecule has 1 aromatic heterocycles. The van der Waals surface area contributed by atoms with Gasteiger partial charge >= 0.3 is 0 Å². The largest absolute Gasteiger partial charge is 0.355 e. The second kappa shape index (κ2) is 6.01. The standard InChI is InChI=1S/C16H16FN3O2/c17-13-5-4-12(9-14(13)20-7-1-2-8-20)19-16(22)11-3-6-15(21)18-10-11/h1-2,4-5,7-9,11H,3,6,10H2,(H,18,21)(H,19,22)/t11-/m1/s1. The summed E-state index contributed by atoms with van der Waals surface area (Å²) in [6, 6.07) is 8.05. The lowest BCUT2D eigenvalue weighted by Crippen LogP contribution is -2.40. The van der Waals surface area contributed by atoms with E-state index in [2.05, 4.69) is 10.6 Å². The summed E-state index contributed by atoms with van der Waals surface area (Å²) >= 11 is 0. The van der Waals surface area contributed by atoms with E-state index in [9.17, 15) is 14.0 Å². The summed E-state index contributed by atoms with van der Waals surface area (Å²) in [5.74, 6) is -0.803. The number of nitrogens with zero attached hydrogens (tertiary/aromatic N) is 1. The molecule has 6 heteroatoms. The molecule has 2 aromatic rings. The predicted molar refractivity (Wildman–Crippen MR) is 80.1 cm³/mol. The van der Waals surface area contributed by atoms with Crippen molar-refractivity contribution in [1.82, 2.24) is 9.88 Å². The molecular weight excluding hydrogens is 285 g/mol. The molecule has 3 rings (SSSR count). The molecule has 0 saturated carbocycles. The fraction of sp³-hybridized carbons (Fsp3) is 0.250. The highest BCUT2D eigenvalue weighted by Gasteiger charge is 2.24. The Morgan fingerprint density at radius 3 is 2.77 bits per heavy atom. The molecule has 5 nitrogen and oxygen atoms in total. The van der Waals surface area contributed by atoms with Crippen molar-refractivity contribution >= 4 is 17.5 Å². The molecule has 114 valence electrons. The van der Waals surface area contributed by atoms with Crippen molar-refractivity contribution in [3.8, 4) is 5.69 Å². The van der Waals surface area contributed by atoms with E-state index >= 15 is 0 Å². The number of amides is 2. The minimum atomic E-state index is -0.362. The first-order chi connectivity index (χ1) is 10.6. The molecule has 2 heterocycles. The number of carbonyl (C=O) groups is 2. The number of anilines is 1. The van der Waals surface area contributed by atoms with Crippen molar-refractivity contribution in [2.24, 2.45) is 5.92 Å². The van der Waals surface area contributed by atoms with E-state index in [-0.39, 0.29) is 23.5 Å². The Balaban J connectivity index is 1.74. The molecular formula is C16H16FN3O2. The summed E-state index contributed by atoms with van der Waals surface area (Å²) < 4.78 is 15.5. The van der Waals surface area contributed by atoms with Gasteiger partial charge in [-0.25, -0.2) is 4.39 Å². The van der Waals surface area contributed by atoms with E-state index in [0.717, 1.165) is 0 Å². The third-order valence-electron chi connectivity index (χ3n) is 3.73. The second-order valence-corrected chi connectivity index (χ2v) is 5.29. The fourth-order valence-corrected chi connectivity index (χ4v) is 2.48. The first-order valence-electron chi connectivity index (χ1n) is 7.14. The number of piperidine rings is 1. The Bertz CT molecular complexity index is 687. The Kier molecular flexibility index (Phi) is 3.91. The number of carbonyl (C=O) groups excluding carboxylic acids is 2. The molecule has 22 heavy (non-hydrogen) atoms. The number of benzene rings is 1. The average molecular weight is 301 g/mol. The Morgan fingerprint density at radius 1 is 1.32 bits per heavy atom. The summed E-state index contributed by atoms with van der Waals surface area (Å²) in [5, 5.41) is 5.46. The van der Waals surface area contributed by atoms with Gasteiger partial charge in [-0.3, -0.25) is 9.59 Å². The third-order valence-corrected chi connectivity index (χ3v) is 3.73. The molecule has 1 fully saturated rings. The summed E-state index contributed by atoms with van der Waals surface area (Å²) in [6.45, 7) is 0.344. The molecule has 1 saturated heterocycles. The molecule has 1 aliphatic rings. The van der Waals surface area contributed by atoms with Crippen LogP contribution >= 0.6 is 0 Å². The summed E-state index contributed by atoms with van der Waals surface area (Å²) in [4.78, 5) is 23.3. The molecule has 0 spiro atoms. The molecule has 0 aliphatic carbocycles. The predicted octanol–water partition coefficient (Wildman–Crippen LogP) is 2.08. The molecule has 1 aromatic carbocycles. The van der Waals surface area contributed by atoms with E-state index in [1.807, 2.05) is 0 Å². The van der Waals surface area contributed by atoms with Crippen molar-refractivity contribution in [2.75, 3.05) is 11.9 Å². The third kappa shape index (κ3) is 3.00. The fourth-order valence-electron chi connectivity index (χ4n) is 2.48. The van der Waals surface area contributed by atoms with Gasteiger partial charge in [0, 0.05) is 31.0 Å². The van der Waals surface area contributed by atoms with Crippen molar-refractivity contribution in [3.05, 3.63) is 48.5 Å². The highest BCUT2D eigenvalue weighted by atomic mass is 19.1. The van der Waals surface area contributed by atoms with Crippen molar-refractivity contribution < 1.29 is 14.0 Å². The van der Waals surface area contributed by atoms with Crippen LogP contribution in [0.25, 0.3) is 5.69 Å². The van der Waals surface area contributed by atoms with E-state index in [1.54, 1.807) is 35.2 Å². The van der Waals surface area contributed by atoms with Crippen LogP contribution in [0.3, 0.4) is 0 Å². The van der Waals surface area contributed by atoms with Gasteiger partial charge in [0.05, 0.1) is 11.6 Å². The van der Waals surface area contributed by atoms with Crippen LogP contribution in [0.15, 0.2) is 42.7 Å². The summed E-state index contributed by atoms with van der Waals surface area (Å²) in [6.07, 6.45) is 4.36. The maximum absolute atomic E-state index is 13.9. The smallest absolute Gasteiger partial charge is 0.229 e. The highest BCUT2D eigenvalue weighted by Crippen LogP contribution is 2.20. The molecule has 0 unspecified atom stereocenters. The van der Waals surface area contributed by atoms with Crippen LogP contribution in [0.2, 0.25) is 0 Å². The first-order valence-corrected chi connectivity index (χ1v) is 7.14. The van der Waals surface area contributed by atoms with E-state index in [0.29, 0.717) is 30.8 Å². The number of rotatable bonds is 3. The monoisotopic (exact) mass is 301 g/mol. The van der Waals surface area contributed by atoms with Gasteiger partial charge in [-0.05, 0) is 36.8 Å². The Morgan fingerprint density at radius 2 is 2.09 bits per heavy atom. The molecule has 2 N–H and O–H groups in total. The normalized spacial score (nSPS) is 17.9. The second-order valence-electron chi connectivity index (χ2n) is 5.29. The van der Waals surface area contributed by atoms with Crippen LogP contribution in [0.4, 0.5) is 10.1 Å². The van der Waals surface area contributed by atoms with Crippen LogP contribution in [0.5, 0.6) is 0 Å². The molecule has 1 atom stereocenters. The number of hydrogen-bond donors (Lipinski definition) is 2. The van der Waals surface area contributed by atoms with Crippen LogP contribution < -0.4 is 10.6 Å². The lowest BCUT2D eigenvalue weighted by atomic mass is 9.98. The van der Waals surface area contributed by atoms with Crippen molar-refractivity contribution in [1.29, 1.82) is 0 Å². The van der Waals surface area contributed by atoms with Gasteiger partial charge in [-0.15, -0.1) is 0 Å². The van der Waals surface area contributed by atoms with Gasteiger partial charge in [0.15, 0.2) is 0 Å². The molecule has 1 aliphatic heterocycles. The minimum absolute atomic E-state index is 0.0271. The minimum Gasteiger partial charge on any atom is -0.355 e. The average Bonchev–Trinajstić information content (AvgIpc) is 3.04. The summed E-state index contributed by atoms with van der Waals surface area (Å²) in [7, 11) is 0. The van der Waals surface area contributed by atoms with E-state index in [1.165, 1.54) is 12.1 Å². The van der Waals surface area contributed by atoms with Gasteiger partial charge in [-0.2, -0.15) is 0 Å². The zero-order chi connectivity index (χ0) is 15.5. The van der Waals surface area contributed by atoms with Crippen molar-refractivity contribution in [3.63, 3.8) is 0 Å². The maximum Gasteiger partial charge on any atom is 0.229 e. The quantitative estimate of drug-likeness (QED) is 0.911. The molecule has 0 radical (unpaired) electrons. The van der Waals surface area contributed by atoms with Gasteiger partial charge in [-0.1, -0.05) is 0 Å². The van der Waals surface area contributed by atoms with Crippen molar-refractivity contribution in [2.45, 2.75) is 12.8 Å². The highest BCUT2D eigenvalue weighted by molar-refractivity contribution is 5.94. The maximum atomic E-state index is 13.9. The topological polar surface area (TPSA) is 63.1 Å². The Labute approximate surface area is 127 Å². The lowest BCUT2D eigenvalue weighted by Gasteiger charge is -2.21. The van der Waals surface area contributed by atoms with Gasteiger partial charge in [0.2, 0.25) is 11.8 Å². The number of aromatic nitrogens is 1. The number of halogens is 1. The first kappa shape index (κ1) is 14.3. The number of hydrogen-bond acceptors (Lipinski definition) is 2. The lowest BCUT2D eigenvalue weighted by molar-refractivity contribution is -0.126. The molecule has 0 bridgehead atoms. The van der Waals surface area contributed by atoms with Gasteiger partial charge < -0.3 is 15.2 Å². The van der Waals surface area contributed by atoms with E-state index < -0.39 is 0 Å². The summed E-state index contributed by atoms with van der Waals surface area (Å²) in [5.41, 5.74) is 0.909. The zero-order valence-corrected chi connectivity index (χ0v) is 11.9. The molecule has 2 amide bonds. The van der Waals surface area contributed by atoms with E-state index in [4.69, 9.17) is 0 Å². The van der Waals surface area contributed by atoms with Crippen LogP contribution in [0.1, 0.15) is 12.8 Å². The zero-order valence-electron chi connectivity index (χ0n) is 11.9. The Hall–Kier alpha value is -2.63. The van der Waals surface area contributed by atoms with Crippen LogP contribution in [-0.2, 0) is 9.59 Å².